The normalized spacial score (nSPS) is 10.8. The third-order valence-corrected chi connectivity index (χ3v) is 2.49. The molecule has 0 bridgehead atoms. The molecule has 0 aliphatic rings. The van der Waals surface area contributed by atoms with Crippen LogP contribution in [-0.2, 0) is 6.42 Å². The predicted molar refractivity (Wildman–Crippen MR) is 64.4 cm³/mol. The fourth-order valence-corrected chi connectivity index (χ4v) is 1.72. The van der Waals surface area contributed by atoms with Gasteiger partial charge in [0.05, 0.1) is 5.69 Å². The molecule has 0 amide bonds. The zero-order valence-electron chi connectivity index (χ0n) is 10.4. The molecule has 1 N–H and O–H groups in total. The first-order valence-corrected chi connectivity index (χ1v) is 5.65. The molecule has 3 heteroatoms. The molecule has 0 radical (unpaired) electrons. The Morgan fingerprint density at radius 1 is 1.27 bits per heavy atom. The summed E-state index contributed by atoms with van der Waals surface area (Å²) in [5.41, 5.74) is 2.34. The molecular formula is C12H21N3. The fraction of sp³-hybridized carbons (Fsp3) is 0.667. The molecule has 3 nitrogen and oxygen atoms in total. The summed E-state index contributed by atoms with van der Waals surface area (Å²) in [6.07, 6.45) is 2.04. The molecule has 0 fully saturated rings. The third kappa shape index (κ3) is 2.67. The molecule has 84 valence electrons. The smallest absolute Gasteiger partial charge is 0.132 e. The Morgan fingerprint density at radius 3 is 2.40 bits per heavy atom. The van der Waals surface area contributed by atoms with Crippen LogP contribution in [0.15, 0.2) is 0 Å². The fourth-order valence-electron chi connectivity index (χ4n) is 1.72. The van der Waals surface area contributed by atoms with E-state index >= 15 is 0 Å². The van der Waals surface area contributed by atoms with Crippen LogP contribution in [0.5, 0.6) is 0 Å². The van der Waals surface area contributed by atoms with Gasteiger partial charge in [-0.05, 0) is 19.3 Å². The first-order chi connectivity index (χ1) is 7.10. The molecule has 1 aromatic heterocycles. The maximum absolute atomic E-state index is 4.62. The van der Waals surface area contributed by atoms with Crippen LogP contribution in [0.25, 0.3) is 0 Å². The number of anilines is 1. The summed E-state index contributed by atoms with van der Waals surface area (Å²) in [5, 5.41) is 3.14. The Bertz CT molecular complexity index is 332. The van der Waals surface area contributed by atoms with Gasteiger partial charge in [-0.1, -0.05) is 20.8 Å². The van der Waals surface area contributed by atoms with Crippen molar-refractivity contribution in [2.75, 3.05) is 12.4 Å². The van der Waals surface area contributed by atoms with E-state index in [2.05, 4.69) is 43.0 Å². The van der Waals surface area contributed by atoms with Gasteiger partial charge in [-0.25, -0.2) is 9.97 Å². The monoisotopic (exact) mass is 207 g/mol. The first kappa shape index (κ1) is 12.0. The summed E-state index contributed by atoms with van der Waals surface area (Å²) in [6.45, 7) is 8.57. The summed E-state index contributed by atoms with van der Waals surface area (Å²) in [4.78, 5) is 9.12. The lowest BCUT2D eigenvalue weighted by Crippen LogP contribution is -2.08. The van der Waals surface area contributed by atoms with Crippen LogP contribution >= 0.6 is 0 Å². The molecule has 1 heterocycles. The molecule has 1 rings (SSSR count). The molecule has 0 aliphatic heterocycles. The van der Waals surface area contributed by atoms with Gasteiger partial charge in [0.15, 0.2) is 0 Å². The zero-order chi connectivity index (χ0) is 11.4. The largest absolute Gasteiger partial charge is 0.373 e. The van der Waals surface area contributed by atoms with Gasteiger partial charge in [0.1, 0.15) is 11.6 Å². The van der Waals surface area contributed by atoms with E-state index in [1.54, 1.807) is 0 Å². The number of rotatable bonds is 4. The molecule has 15 heavy (non-hydrogen) atoms. The lowest BCUT2D eigenvalue weighted by molar-refractivity contribution is 0.755. The third-order valence-electron chi connectivity index (χ3n) is 2.49. The zero-order valence-corrected chi connectivity index (χ0v) is 10.4. The highest BCUT2D eigenvalue weighted by molar-refractivity contribution is 5.46. The van der Waals surface area contributed by atoms with Crippen molar-refractivity contribution in [1.82, 2.24) is 9.97 Å². The van der Waals surface area contributed by atoms with Crippen LogP contribution in [0.1, 0.15) is 50.2 Å². The molecule has 0 saturated heterocycles. The van der Waals surface area contributed by atoms with E-state index in [1.165, 1.54) is 5.56 Å². The summed E-state index contributed by atoms with van der Waals surface area (Å²) in [7, 11) is 1.91. The van der Waals surface area contributed by atoms with Crippen molar-refractivity contribution in [3.63, 3.8) is 0 Å². The van der Waals surface area contributed by atoms with Gasteiger partial charge in [-0.15, -0.1) is 0 Å². The second-order valence-electron chi connectivity index (χ2n) is 4.15. The molecule has 0 spiro atoms. The summed E-state index contributed by atoms with van der Waals surface area (Å²) < 4.78 is 0. The van der Waals surface area contributed by atoms with E-state index in [0.29, 0.717) is 5.92 Å². The van der Waals surface area contributed by atoms with Crippen molar-refractivity contribution in [2.45, 2.75) is 46.5 Å². The molecule has 0 aliphatic carbocycles. The lowest BCUT2D eigenvalue weighted by atomic mass is 10.1. The number of hydrogen-bond donors (Lipinski definition) is 1. The lowest BCUT2D eigenvalue weighted by Gasteiger charge is -2.14. The van der Waals surface area contributed by atoms with Crippen molar-refractivity contribution in [3.8, 4) is 0 Å². The van der Waals surface area contributed by atoms with Gasteiger partial charge < -0.3 is 5.32 Å². The van der Waals surface area contributed by atoms with Crippen LogP contribution in [0.2, 0.25) is 0 Å². The van der Waals surface area contributed by atoms with E-state index in [4.69, 9.17) is 0 Å². The van der Waals surface area contributed by atoms with E-state index in [0.717, 1.165) is 30.2 Å². The van der Waals surface area contributed by atoms with E-state index in [-0.39, 0.29) is 0 Å². The van der Waals surface area contributed by atoms with Gasteiger partial charge in [-0.3, -0.25) is 0 Å². The highest BCUT2D eigenvalue weighted by Crippen LogP contribution is 2.22. The van der Waals surface area contributed by atoms with Crippen molar-refractivity contribution in [1.29, 1.82) is 0 Å². The molecular weight excluding hydrogens is 186 g/mol. The molecule has 1 aromatic rings. The van der Waals surface area contributed by atoms with Crippen molar-refractivity contribution >= 4 is 5.82 Å². The Hall–Kier alpha value is -1.12. The van der Waals surface area contributed by atoms with Gasteiger partial charge in [-0.2, -0.15) is 0 Å². The van der Waals surface area contributed by atoms with Gasteiger partial charge in [0.25, 0.3) is 0 Å². The van der Waals surface area contributed by atoms with Crippen LogP contribution in [0.4, 0.5) is 5.82 Å². The number of nitrogens with one attached hydrogen (secondary N) is 1. The van der Waals surface area contributed by atoms with E-state index in [9.17, 15) is 0 Å². The molecule has 0 aromatic carbocycles. The van der Waals surface area contributed by atoms with Gasteiger partial charge in [0.2, 0.25) is 0 Å². The van der Waals surface area contributed by atoms with Crippen LogP contribution < -0.4 is 5.32 Å². The SMILES string of the molecule is CCCc1nc(NC)c(C)c(C(C)C)n1. The Kier molecular flexibility index (Phi) is 4.06. The number of aryl methyl sites for hydroxylation is 1. The maximum Gasteiger partial charge on any atom is 0.132 e. The minimum atomic E-state index is 0.454. The number of nitrogens with zero attached hydrogens (tertiary/aromatic N) is 2. The van der Waals surface area contributed by atoms with Crippen molar-refractivity contribution in [3.05, 3.63) is 17.1 Å². The standard InChI is InChI=1S/C12H21N3/c1-6-7-10-14-11(8(2)3)9(4)12(13-5)15-10/h8H,6-7H2,1-5H3,(H,13,14,15). The predicted octanol–water partition coefficient (Wildman–Crippen LogP) is 2.90. The summed E-state index contributed by atoms with van der Waals surface area (Å²) in [6, 6.07) is 0. The van der Waals surface area contributed by atoms with E-state index in [1.807, 2.05) is 7.05 Å². The van der Waals surface area contributed by atoms with E-state index < -0.39 is 0 Å². The molecule has 0 atom stereocenters. The minimum absolute atomic E-state index is 0.454. The van der Waals surface area contributed by atoms with Crippen LogP contribution in [0.3, 0.4) is 0 Å². The Morgan fingerprint density at radius 2 is 1.93 bits per heavy atom. The maximum atomic E-state index is 4.62. The molecule has 0 saturated carbocycles. The topological polar surface area (TPSA) is 37.8 Å². The average Bonchev–Trinajstić information content (AvgIpc) is 2.20. The molecule has 0 unspecified atom stereocenters. The quantitative estimate of drug-likeness (QED) is 0.825. The first-order valence-electron chi connectivity index (χ1n) is 5.65. The second kappa shape index (κ2) is 5.10. The average molecular weight is 207 g/mol. The highest BCUT2D eigenvalue weighted by Gasteiger charge is 2.11. The van der Waals surface area contributed by atoms with Gasteiger partial charge in [0, 0.05) is 19.0 Å². The second-order valence-corrected chi connectivity index (χ2v) is 4.15. The van der Waals surface area contributed by atoms with Crippen LogP contribution in [-0.4, -0.2) is 17.0 Å². The summed E-state index contributed by atoms with van der Waals surface area (Å²) in [5.74, 6) is 2.38. The number of aromatic nitrogens is 2. The Labute approximate surface area is 92.3 Å². The van der Waals surface area contributed by atoms with Crippen LogP contribution in [0, 0.1) is 6.92 Å². The van der Waals surface area contributed by atoms with Crippen molar-refractivity contribution < 1.29 is 0 Å². The van der Waals surface area contributed by atoms with Gasteiger partial charge >= 0.3 is 0 Å². The Balaban J connectivity index is 3.19. The minimum Gasteiger partial charge on any atom is -0.373 e. The highest BCUT2D eigenvalue weighted by atomic mass is 15.0. The number of hydrogen-bond acceptors (Lipinski definition) is 3. The van der Waals surface area contributed by atoms with Crippen molar-refractivity contribution in [2.24, 2.45) is 0 Å². The summed E-state index contributed by atoms with van der Waals surface area (Å²) >= 11 is 0.